The second kappa shape index (κ2) is 5.45. The van der Waals surface area contributed by atoms with E-state index in [1.165, 1.54) is 31.2 Å². The lowest BCUT2D eigenvalue weighted by Gasteiger charge is -2.58. The molecule has 0 amide bonds. The molecule has 1 saturated carbocycles. The van der Waals surface area contributed by atoms with Crippen molar-refractivity contribution in [1.29, 1.82) is 0 Å². The summed E-state index contributed by atoms with van der Waals surface area (Å²) in [6.45, 7) is 5.93. The molecule has 2 fully saturated rings. The van der Waals surface area contributed by atoms with Gasteiger partial charge in [0, 0.05) is 25.2 Å². The van der Waals surface area contributed by atoms with Crippen LogP contribution in [0.25, 0.3) is 0 Å². The van der Waals surface area contributed by atoms with Crippen molar-refractivity contribution >= 4 is 0 Å². The third-order valence-corrected chi connectivity index (χ3v) is 5.15. The zero-order valence-electron chi connectivity index (χ0n) is 12.3. The van der Waals surface area contributed by atoms with E-state index in [0.717, 1.165) is 26.3 Å². The van der Waals surface area contributed by atoms with Crippen LogP contribution in [0.3, 0.4) is 0 Å². The monoisotopic (exact) mass is 277 g/mol. The standard InChI is InChI=1S/C17H24FNO/c1-2-19-13-17(14-3-5-15(18)6-4-14)11-16(12-17)7-9-20-10-8-16/h3-6,19H,2,7-13H2,1H3. The average Bonchev–Trinajstić information content (AvgIpc) is 2.44. The van der Waals surface area contributed by atoms with E-state index in [-0.39, 0.29) is 11.2 Å². The quantitative estimate of drug-likeness (QED) is 0.912. The highest BCUT2D eigenvalue weighted by Crippen LogP contribution is 2.59. The van der Waals surface area contributed by atoms with Crippen LogP contribution in [0.4, 0.5) is 4.39 Å². The summed E-state index contributed by atoms with van der Waals surface area (Å²) in [7, 11) is 0. The minimum absolute atomic E-state index is 0.146. The highest BCUT2D eigenvalue weighted by molar-refractivity contribution is 5.32. The van der Waals surface area contributed by atoms with E-state index in [2.05, 4.69) is 12.2 Å². The van der Waals surface area contributed by atoms with Gasteiger partial charge in [-0.25, -0.2) is 4.39 Å². The van der Waals surface area contributed by atoms with Crippen LogP contribution < -0.4 is 5.32 Å². The lowest BCUT2D eigenvalue weighted by molar-refractivity contribution is -0.0736. The van der Waals surface area contributed by atoms with Crippen LogP contribution in [0.15, 0.2) is 24.3 Å². The molecule has 1 aliphatic carbocycles. The molecule has 110 valence electrons. The number of hydrogen-bond donors (Lipinski definition) is 1. The summed E-state index contributed by atoms with van der Waals surface area (Å²) >= 11 is 0. The predicted octanol–water partition coefficient (Wildman–Crippen LogP) is 3.26. The molecular weight excluding hydrogens is 253 g/mol. The fourth-order valence-electron chi connectivity index (χ4n) is 4.14. The third-order valence-electron chi connectivity index (χ3n) is 5.15. The molecule has 1 spiro atoms. The minimum Gasteiger partial charge on any atom is -0.381 e. The third kappa shape index (κ3) is 2.49. The van der Waals surface area contributed by atoms with Crippen LogP contribution in [0.5, 0.6) is 0 Å². The number of likely N-dealkylation sites (N-methyl/N-ethyl adjacent to an activating group) is 1. The normalized spacial score (nSPS) is 23.5. The second-order valence-electron chi connectivity index (χ2n) is 6.53. The van der Waals surface area contributed by atoms with E-state index in [9.17, 15) is 4.39 Å². The molecule has 0 unspecified atom stereocenters. The number of hydrogen-bond acceptors (Lipinski definition) is 2. The first kappa shape index (κ1) is 14.0. The van der Waals surface area contributed by atoms with Gasteiger partial charge in [0.1, 0.15) is 5.82 Å². The van der Waals surface area contributed by atoms with Crippen molar-refractivity contribution in [3.8, 4) is 0 Å². The maximum absolute atomic E-state index is 13.2. The number of rotatable bonds is 4. The molecule has 1 heterocycles. The summed E-state index contributed by atoms with van der Waals surface area (Å²) in [4.78, 5) is 0. The SMILES string of the molecule is CCNCC1(c2ccc(F)cc2)CC2(CCOCC2)C1. The van der Waals surface area contributed by atoms with E-state index in [4.69, 9.17) is 4.74 Å². The summed E-state index contributed by atoms with van der Waals surface area (Å²) in [5.41, 5.74) is 1.96. The average molecular weight is 277 g/mol. The molecule has 0 bridgehead atoms. The molecule has 0 aromatic heterocycles. The van der Waals surface area contributed by atoms with Gasteiger partial charge in [-0.05, 0) is 55.3 Å². The van der Waals surface area contributed by atoms with Crippen molar-refractivity contribution in [1.82, 2.24) is 5.32 Å². The summed E-state index contributed by atoms with van der Waals surface area (Å²) in [5.74, 6) is -0.146. The first-order chi connectivity index (χ1) is 9.68. The van der Waals surface area contributed by atoms with Crippen molar-refractivity contribution in [3.63, 3.8) is 0 Å². The van der Waals surface area contributed by atoms with Crippen molar-refractivity contribution in [2.45, 2.75) is 38.0 Å². The molecule has 0 radical (unpaired) electrons. The van der Waals surface area contributed by atoms with Crippen LogP contribution in [0, 0.1) is 11.2 Å². The molecule has 1 aromatic carbocycles. The highest BCUT2D eigenvalue weighted by atomic mass is 19.1. The Balaban J connectivity index is 1.78. The van der Waals surface area contributed by atoms with E-state index < -0.39 is 0 Å². The zero-order chi connectivity index (χ0) is 14.1. The summed E-state index contributed by atoms with van der Waals surface area (Å²) in [6.07, 6.45) is 4.79. The van der Waals surface area contributed by atoms with E-state index in [0.29, 0.717) is 5.41 Å². The topological polar surface area (TPSA) is 21.3 Å². The molecule has 3 rings (SSSR count). The Bertz CT molecular complexity index is 443. The summed E-state index contributed by atoms with van der Waals surface area (Å²) in [5, 5.41) is 3.50. The van der Waals surface area contributed by atoms with Crippen LogP contribution in [-0.4, -0.2) is 26.3 Å². The fourth-order valence-corrected chi connectivity index (χ4v) is 4.14. The Hall–Kier alpha value is -0.930. The first-order valence-electron chi connectivity index (χ1n) is 7.73. The molecule has 1 aromatic rings. The van der Waals surface area contributed by atoms with Crippen LogP contribution >= 0.6 is 0 Å². The number of benzene rings is 1. The van der Waals surface area contributed by atoms with Gasteiger partial charge >= 0.3 is 0 Å². The van der Waals surface area contributed by atoms with Crippen LogP contribution in [0.1, 0.15) is 38.2 Å². The Morgan fingerprint density at radius 1 is 1.15 bits per heavy atom. The zero-order valence-corrected chi connectivity index (χ0v) is 12.3. The Morgan fingerprint density at radius 2 is 1.80 bits per heavy atom. The smallest absolute Gasteiger partial charge is 0.123 e. The maximum atomic E-state index is 13.2. The molecule has 1 saturated heterocycles. The van der Waals surface area contributed by atoms with Gasteiger partial charge in [-0.15, -0.1) is 0 Å². The Labute approximate surface area is 120 Å². The Morgan fingerprint density at radius 3 is 2.40 bits per heavy atom. The van der Waals surface area contributed by atoms with Crippen LogP contribution in [0.2, 0.25) is 0 Å². The van der Waals surface area contributed by atoms with Crippen molar-refractivity contribution in [2.24, 2.45) is 5.41 Å². The van der Waals surface area contributed by atoms with Gasteiger partial charge in [-0.1, -0.05) is 19.1 Å². The molecule has 1 aliphatic heterocycles. The van der Waals surface area contributed by atoms with Gasteiger partial charge < -0.3 is 10.1 Å². The minimum atomic E-state index is -0.146. The second-order valence-corrected chi connectivity index (χ2v) is 6.53. The van der Waals surface area contributed by atoms with Crippen molar-refractivity contribution < 1.29 is 9.13 Å². The van der Waals surface area contributed by atoms with E-state index in [1.807, 2.05) is 12.1 Å². The Kier molecular flexibility index (Phi) is 3.83. The largest absolute Gasteiger partial charge is 0.381 e. The van der Waals surface area contributed by atoms with Gasteiger partial charge in [0.2, 0.25) is 0 Å². The van der Waals surface area contributed by atoms with Gasteiger partial charge in [0.15, 0.2) is 0 Å². The fraction of sp³-hybridized carbons (Fsp3) is 0.647. The lowest BCUT2D eigenvalue weighted by Crippen LogP contribution is -2.56. The molecule has 3 heteroatoms. The summed E-state index contributed by atoms with van der Waals surface area (Å²) < 4.78 is 18.7. The predicted molar refractivity (Wildman–Crippen MR) is 78.3 cm³/mol. The number of halogens is 1. The molecule has 2 nitrogen and oxygen atoms in total. The van der Waals surface area contributed by atoms with Gasteiger partial charge in [0.05, 0.1) is 0 Å². The van der Waals surface area contributed by atoms with Crippen LogP contribution in [-0.2, 0) is 10.2 Å². The number of nitrogens with one attached hydrogen (secondary N) is 1. The van der Waals surface area contributed by atoms with E-state index >= 15 is 0 Å². The number of ether oxygens (including phenoxy) is 1. The van der Waals surface area contributed by atoms with E-state index in [1.54, 1.807) is 12.1 Å². The molecular formula is C17H24FNO. The van der Waals surface area contributed by atoms with Gasteiger partial charge in [-0.2, -0.15) is 0 Å². The maximum Gasteiger partial charge on any atom is 0.123 e. The summed E-state index contributed by atoms with van der Waals surface area (Å²) in [6, 6.07) is 7.13. The van der Waals surface area contributed by atoms with Gasteiger partial charge in [0.25, 0.3) is 0 Å². The molecule has 20 heavy (non-hydrogen) atoms. The molecule has 0 atom stereocenters. The van der Waals surface area contributed by atoms with Crippen molar-refractivity contribution in [2.75, 3.05) is 26.3 Å². The highest BCUT2D eigenvalue weighted by Gasteiger charge is 2.54. The molecule has 2 aliphatic rings. The van der Waals surface area contributed by atoms with Crippen molar-refractivity contribution in [3.05, 3.63) is 35.6 Å². The van der Waals surface area contributed by atoms with Gasteiger partial charge in [-0.3, -0.25) is 0 Å². The lowest BCUT2D eigenvalue weighted by atomic mass is 9.48. The first-order valence-corrected chi connectivity index (χ1v) is 7.73. The molecule has 1 N–H and O–H groups in total.